The van der Waals surface area contributed by atoms with E-state index in [9.17, 15) is 13.2 Å². The SMILES string of the molecule is CCS(=O)(=O)N1c2ccc(C(=O)N[C@@H](C)c3ccccc3)cc2C[C@@H]1C. The number of hydrogen-bond donors (Lipinski definition) is 1. The van der Waals surface area contributed by atoms with Gasteiger partial charge >= 0.3 is 0 Å². The summed E-state index contributed by atoms with van der Waals surface area (Å²) in [4.78, 5) is 12.6. The molecule has 0 fully saturated rings. The molecule has 0 aliphatic carbocycles. The molecule has 1 heterocycles. The maximum absolute atomic E-state index is 12.6. The molecule has 0 aromatic heterocycles. The Morgan fingerprint density at radius 2 is 1.92 bits per heavy atom. The molecule has 1 aliphatic heterocycles. The molecule has 0 radical (unpaired) electrons. The smallest absolute Gasteiger partial charge is 0.251 e. The first-order valence-corrected chi connectivity index (χ1v) is 10.4. The summed E-state index contributed by atoms with van der Waals surface area (Å²) < 4.78 is 26.2. The van der Waals surface area contributed by atoms with Crippen molar-refractivity contribution in [1.29, 1.82) is 0 Å². The van der Waals surface area contributed by atoms with Gasteiger partial charge in [-0.25, -0.2) is 8.42 Å². The Labute approximate surface area is 155 Å². The Morgan fingerprint density at radius 3 is 2.58 bits per heavy atom. The molecule has 0 saturated carbocycles. The highest BCUT2D eigenvalue weighted by Gasteiger charge is 2.34. The number of amides is 1. The van der Waals surface area contributed by atoms with Gasteiger partial charge in [-0.05, 0) is 56.5 Å². The van der Waals surface area contributed by atoms with Crippen LogP contribution in [0.4, 0.5) is 5.69 Å². The predicted molar refractivity (Wildman–Crippen MR) is 104 cm³/mol. The third-order valence-electron chi connectivity index (χ3n) is 4.81. The number of anilines is 1. The van der Waals surface area contributed by atoms with Crippen molar-refractivity contribution in [3.05, 3.63) is 65.2 Å². The van der Waals surface area contributed by atoms with Gasteiger partial charge in [0.1, 0.15) is 0 Å². The molecule has 0 unspecified atom stereocenters. The Balaban J connectivity index is 1.82. The van der Waals surface area contributed by atoms with E-state index >= 15 is 0 Å². The molecule has 2 aromatic rings. The summed E-state index contributed by atoms with van der Waals surface area (Å²) in [5.74, 6) is -0.0956. The van der Waals surface area contributed by atoms with Crippen molar-refractivity contribution in [2.24, 2.45) is 0 Å². The molecule has 6 heteroatoms. The highest BCUT2D eigenvalue weighted by Crippen LogP contribution is 2.35. The number of nitrogens with zero attached hydrogens (tertiary/aromatic N) is 1. The van der Waals surface area contributed by atoms with Crippen LogP contribution in [0.5, 0.6) is 0 Å². The zero-order chi connectivity index (χ0) is 18.9. The minimum Gasteiger partial charge on any atom is -0.346 e. The molecule has 26 heavy (non-hydrogen) atoms. The van der Waals surface area contributed by atoms with Crippen LogP contribution in [0.3, 0.4) is 0 Å². The average Bonchev–Trinajstić information content (AvgIpc) is 2.97. The zero-order valence-electron chi connectivity index (χ0n) is 15.3. The van der Waals surface area contributed by atoms with Gasteiger partial charge in [0.2, 0.25) is 10.0 Å². The first kappa shape index (κ1) is 18.5. The van der Waals surface area contributed by atoms with Gasteiger partial charge in [-0.1, -0.05) is 30.3 Å². The molecule has 2 atom stereocenters. The van der Waals surface area contributed by atoms with E-state index in [0.29, 0.717) is 17.7 Å². The van der Waals surface area contributed by atoms with Gasteiger partial charge in [0.15, 0.2) is 0 Å². The Bertz CT molecular complexity index is 910. The summed E-state index contributed by atoms with van der Waals surface area (Å²) in [5, 5.41) is 3.00. The van der Waals surface area contributed by atoms with E-state index in [2.05, 4.69) is 5.32 Å². The molecule has 0 saturated heterocycles. The fourth-order valence-electron chi connectivity index (χ4n) is 3.41. The van der Waals surface area contributed by atoms with Gasteiger partial charge in [0.25, 0.3) is 5.91 Å². The number of fused-ring (bicyclic) bond motifs is 1. The highest BCUT2D eigenvalue weighted by molar-refractivity contribution is 7.92. The molecule has 5 nitrogen and oxygen atoms in total. The van der Waals surface area contributed by atoms with Gasteiger partial charge in [0.05, 0.1) is 17.5 Å². The summed E-state index contributed by atoms with van der Waals surface area (Å²) in [5.41, 5.74) is 3.17. The summed E-state index contributed by atoms with van der Waals surface area (Å²) in [6.07, 6.45) is 0.615. The van der Waals surface area contributed by atoms with Crippen LogP contribution in [0.2, 0.25) is 0 Å². The van der Waals surface area contributed by atoms with Gasteiger partial charge < -0.3 is 5.32 Å². The standard InChI is InChI=1S/C20H24N2O3S/c1-4-26(24,25)22-14(2)12-18-13-17(10-11-19(18)22)20(23)21-15(3)16-8-6-5-7-9-16/h5-11,13-15H,4,12H2,1-3H3,(H,21,23)/t14-,15-/m0/s1. The van der Waals surface area contributed by atoms with Crippen LogP contribution in [0.25, 0.3) is 0 Å². The van der Waals surface area contributed by atoms with Crippen molar-refractivity contribution in [3.8, 4) is 0 Å². The van der Waals surface area contributed by atoms with E-state index in [1.54, 1.807) is 19.1 Å². The first-order valence-electron chi connectivity index (χ1n) is 8.84. The molecule has 0 bridgehead atoms. The van der Waals surface area contributed by atoms with Crippen molar-refractivity contribution in [3.63, 3.8) is 0 Å². The molecular weight excluding hydrogens is 348 g/mol. The van der Waals surface area contributed by atoms with Gasteiger partial charge in [-0.3, -0.25) is 9.10 Å². The lowest BCUT2D eigenvalue weighted by Crippen LogP contribution is -2.36. The van der Waals surface area contributed by atoms with E-state index in [0.717, 1.165) is 11.1 Å². The molecule has 3 rings (SSSR count). The molecular formula is C20H24N2O3S. The third-order valence-corrected chi connectivity index (χ3v) is 6.69. The maximum Gasteiger partial charge on any atom is 0.251 e. The minimum absolute atomic E-state index is 0.0631. The predicted octanol–water partition coefficient (Wildman–Crippen LogP) is 3.28. The topological polar surface area (TPSA) is 66.5 Å². The quantitative estimate of drug-likeness (QED) is 0.876. The van der Waals surface area contributed by atoms with Gasteiger partial charge in [-0.15, -0.1) is 0 Å². The van der Waals surface area contributed by atoms with E-state index in [1.807, 2.05) is 50.2 Å². The van der Waals surface area contributed by atoms with Crippen LogP contribution in [0.15, 0.2) is 48.5 Å². The number of nitrogens with one attached hydrogen (secondary N) is 1. The Kier molecular flexibility index (Phi) is 5.05. The van der Waals surface area contributed by atoms with Crippen molar-refractivity contribution in [1.82, 2.24) is 5.32 Å². The molecule has 1 N–H and O–H groups in total. The largest absolute Gasteiger partial charge is 0.346 e. The van der Waals surface area contributed by atoms with E-state index in [-0.39, 0.29) is 23.7 Å². The van der Waals surface area contributed by atoms with Crippen molar-refractivity contribution >= 4 is 21.6 Å². The second kappa shape index (κ2) is 7.11. The van der Waals surface area contributed by atoms with Crippen LogP contribution >= 0.6 is 0 Å². The van der Waals surface area contributed by atoms with Crippen LogP contribution < -0.4 is 9.62 Å². The minimum atomic E-state index is -3.32. The summed E-state index contributed by atoms with van der Waals surface area (Å²) in [7, 11) is -3.32. The van der Waals surface area contributed by atoms with Crippen molar-refractivity contribution < 1.29 is 13.2 Å². The number of carbonyl (C=O) groups excluding carboxylic acids is 1. The maximum atomic E-state index is 12.6. The second-order valence-electron chi connectivity index (χ2n) is 6.70. The summed E-state index contributed by atoms with van der Waals surface area (Å²) >= 11 is 0. The van der Waals surface area contributed by atoms with Crippen LogP contribution in [0, 0.1) is 0 Å². The van der Waals surface area contributed by atoms with E-state index in [4.69, 9.17) is 0 Å². The highest BCUT2D eigenvalue weighted by atomic mass is 32.2. The molecule has 1 amide bonds. The van der Waals surface area contributed by atoms with Crippen LogP contribution in [-0.2, 0) is 16.4 Å². The lowest BCUT2D eigenvalue weighted by Gasteiger charge is -2.23. The Hall–Kier alpha value is -2.34. The summed E-state index contributed by atoms with van der Waals surface area (Å²) in [6, 6.07) is 14.8. The van der Waals surface area contributed by atoms with E-state index in [1.165, 1.54) is 4.31 Å². The average molecular weight is 372 g/mol. The monoisotopic (exact) mass is 372 g/mol. The van der Waals surface area contributed by atoms with Crippen molar-refractivity contribution in [2.75, 3.05) is 10.1 Å². The lowest BCUT2D eigenvalue weighted by atomic mass is 10.0. The van der Waals surface area contributed by atoms with Gasteiger partial charge in [-0.2, -0.15) is 0 Å². The number of rotatable bonds is 5. The zero-order valence-corrected chi connectivity index (χ0v) is 16.1. The third kappa shape index (κ3) is 3.46. The first-order chi connectivity index (χ1) is 12.3. The van der Waals surface area contributed by atoms with Gasteiger partial charge in [0, 0.05) is 11.6 Å². The molecule has 1 aliphatic rings. The van der Waals surface area contributed by atoms with Crippen LogP contribution in [0.1, 0.15) is 48.3 Å². The molecule has 138 valence electrons. The normalized spacial score (nSPS) is 17.7. The van der Waals surface area contributed by atoms with Crippen LogP contribution in [-0.4, -0.2) is 26.1 Å². The number of carbonyl (C=O) groups is 1. The molecule has 0 spiro atoms. The number of sulfonamides is 1. The van der Waals surface area contributed by atoms with Crippen molar-refractivity contribution in [2.45, 2.75) is 39.3 Å². The van der Waals surface area contributed by atoms with E-state index < -0.39 is 10.0 Å². The fraction of sp³-hybridized carbons (Fsp3) is 0.350. The molecule has 2 aromatic carbocycles. The lowest BCUT2D eigenvalue weighted by molar-refractivity contribution is 0.0940. The number of hydrogen-bond acceptors (Lipinski definition) is 3. The number of benzene rings is 2. The second-order valence-corrected chi connectivity index (χ2v) is 8.83. The fourth-order valence-corrected chi connectivity index (χ4v) is 4.79. The summed E-state index contributed by atoms with van der Waals surface area (Å²) in [6.45, 7) is 5.48. The Morgan fingerprint density at radius 1 is 1.23 bits per heavy atom.